The van der Waals surface area contributed by atoms with E-state index in [0.29, 0.717) is 10.8 Å². The van der Waals surface area contributed by atoms with E-state index in [1.807, 2.05) is 6.07 Å². The van der Waals surface area contributed by atoms with Crippen LogP contribution in [0.5, 0.6) is 5.75 Å². The number of halogens is 1. The number of benzene rings is 1. The quantitative estimate of drug-likeness (QED) is 0.626. The molecule has 3 rings (SSSR count). The number of nitrogens with zero attached hydrogens (tertiary/aromatic N) is 1. The highest BCUT2D eigenvalue weighted by atomic mass is 35.5. The fourth-order valence-corrected chi connectivity index (χ4v) is 3.47. The van der Waals surface area contributed by atoms with E-state index in [-0.39, 0.29) is 0 Å². The molecule has 100 valence electrons. The Morgan fingerprint density at radius 2 is 2.11 bits per heavy atom. The Balaban J connectivity index is 2.25. The van der Waals surface area contributed by atoms with Crippen molar-refractivity contribution >= 4 is 17.7 Å². The number of fused-ring (bicyclic) bond motifs is 1. The molecule has 2 aliphatic carbocycles. The predicted molar refractivity (Wildman–Crippen MR) is 73.7 cm³/mol. The van der Waals surface area contributed by atoms with Gasteiger partial charge in [-0.05, 0) is 55.7 Å². The van der Waals surface area contributed by atoms with E-state index in [0.717, 1.165) is 31.2 Å². The Hall–Kier alpha value is -1.31. The topological polar surface area (TPSA) is 38.7 Å². The average Bonchev–Trinajstić information content (AvgIpc) is 3.18. The van der Waals surface area contributed by atoms with Crippen LogP contribution in [0.2, 0.25) is 5.02 Å². The van der Waals surface area contributed by atoms with Crippen molar-refractivity contribution in [1.82, 2.24) is 0 Å². The first-order valence-electron chi connectivity index (χ1n) is 6.69. The van der Waals surface area contributed by atoms with Gasteiger partial charge in [0.2, 0.25) is 6.08 Å². The lowest BCUT2D eigenvalue weighted by atomic mass is 9.84. The fraction of sp³-hybridized carbons (Fsp3) is 0.533. The average molecular weight is 278 g/mol. The summed E-state index contributed by atoms with van der Waals surface area (Å²) in [5.41, 5.74) is 3.21. The second-order valence-electron chi connectivity index (χ2n) is 5.35. The standard InChI is InChI=1S/C15H16ClNO2/c1-19-14-12(16)8-10-4-2-3-5-11(10)13(14)15(6-7-15)17-9-18/h8H,2-7H2,1H3. The molecule has 0 saturated heterocycles. The number of rotatable bonds is 3. The second-order valence-corrected chi connectivity index (χ2v) is 5.75. The maximum absolute atomic E-state index is 10.7. The molecular formula is C15H16ClNO2. The van der Waals surface area contributed by atoms with Crippen molar-refractivity contribution in [2.24, 2.45) is 4.99 Å². The summed E-state index contributed by atoms with van der Waals surface area (Å²) in [5.74, 6) is 0.693. The Morgan fingerprint density at radius 3 is 2.74 bits per heavy atom. The number of hydrogen-bond acceptors (Lipinski definition) is 3. The fourth-order valence-electron chi connectivity index (χ4n) is 3.16. The maximum Gasteiger partial charge on any atom is 0.235 e. The normalized spacial score (nSPS) is 19.3. The number of hydrogen-bond donors (Lipinski definition) is 0. The Bertz CT molecular complexity index is 572. The third kappa shape index (κ3) is 1.98. The largest absolute Gasteiger partial charge is 0.495 e. The highest BCUT2D eigenvalue weighted by molar-refractivity contribution is 6.32. The number of carbonyl (C=O) groups excluding carboxylic acids is 1. The summed E-state index contributed by atoms with van der Waals surface area (Å²) in [5, 5.41) is 0.630. The van der Waals surface area contributed by atoms with Gasteiger partial charge in [0, 0.05) is 5.56 Å². The molecule has 1 aromatic rings. The number of aliphatic imine (C=N–C) groups is 1. The number of methoxy groups -OCH3 is 1. The molecule has 19 heavy (non-hydrogen) atoms. The lowest BCUT2D eigenvalue weighted by Gasteiger charge is -2.25. The summed E-state index contributed by atoms with van der Waals surface area (Å²) in [4.78, 5) is 14.8. The lowest BCUT2D eigenvalue weighted by molar-refractivity contribution is 0.402. The molecule has 0 amide bonds. The molecule has 0 radical (unpaired) electrons. The third-order valence-electron chi connectivity index (χ3n) is 4.21. The highest BCUT2D eigenvalue weighted by Gasteiger charge is 2.49. The van der Waals surface area contributed by atoms with Crippen LogP contribution < -0.4 is 4.74 Å². The smallest absolute Gasteiger partial charge is 0.235 e. The van der Waals surface area contributed by atoms with Crippen LogP contribution in [0.25, 0.3) is 0 Å². The molecule has 0 aliphatic heterocycles. The van der Waals surface area contributed by atoms with Crippen molar-refractivity contribution in [3.63, 3.8) is 0 Å². The van der Waals surface area contributed by atoms with Gasteiger partial charge >= 0.3 is 0 Å². The van der Waals surface area contributed by atoms with Crippen LogP contribution in [0.1, 0.15) is 42.4 Å². The highest BCUT2D eigenvalue weighted by Crippen LogP contribution is 2.56. The Morgan fingerprint density at radius 1 is 1.37 bits per heavy atom. The van der Waals surface area contributed by atoms with Crippen LogP contribution in [-0.4, -0.2) is 13.2 Å². The van der Waals surface area contributed by atoms with Gasteiger partial charge in [-0.25, -0.2) is 4.79 Å². The first-order chi connectivity index (χ1) is 9.22. The molecule has 1 saturated carbocycles. The van der Waals surface area contributed by atoms with Gasteiger partial charge in [-0.1, -0.05) is 11.6 Å². The van der Waals surface area contributed by atoms with Crippen molar-refractivity contribution in [2.45, 2.75) is 44.1 Å². The number of isocyanates is 1. The monoisotopic (exact) mass is 277 g/mol. The molecule has 0 unspecified atom stereocenters. The zero-order valence-electron chi connectivity index (χ0n) is 11.0. The zero-order valence-corrected chi connectivity index (χ0v) is 11.7. The van der Waals surface area contributed by atoms with E-state index in [1.54, 1.807) is 13.2 Å². The van der Waals surface area contributed by atoms with E-state index >= 15 is 0 Å². The molecule has 4 heteroatoms. The van der Waals surface area contributed by atoms with Crippen LogP contribution in [0.3, 0.4) is 0 Å². The van der Waals surface area contributed by atoms with Crippen molar-refractivity contribution < 1.29 is 9.53 Å². The molecule has 1 fully saturated rings. The van der Waals surface area contributed by atoms with Crippen LogP contribution in [0.4, 0.5) is 0 Å². The SMILES string of the molecule is COc1c(Cl)cc2c(c1C1(N=C=O)CC1)CCCC2. The summed E-state index contributed by atoms with van der Waals surface area (Å²) in [6, 6.07) is 2.01. The Kier molecular flexibility index (Phi) is 3.12. The third-order valence-corrected chi connectivity index (χ3v) is 4.49. The van der Waals surface area contributed by atoms with Crippen molar-refractivity contribution in [2.75, 3.05) is 7.11 Å². The molecule has 0 heterocycles. The zero-order chi connectivity index (χ0) is 13.5. The Labute approximate surface area is 117 Å². The lowest BCUT2D eigenvalue weighted by Crippen LogP contribution is -2.15. The maximum atomic E-state index is 10.7. The van der Waals surface area contributed by atoms with Gasteiger partial charge in [0.05, 0.1) is 12.1 Å². The molecular weight excluding hydrogens is 262 g/mol. The van der Waals surface area contributed by atoms with Crippen molar-refractivity contribution in [1.29, 1.82) is 0 Å². The summed E-state index contributed by atoms with van der Waals surface area (Å²) in [6.45, 7) is 0. The minimum absolute atomic E-state index is 0.417. The number of aryl methyl sites for hydroxylation is 1. The summed E-state index contributed by atoms with van der Waals surface area (Å²) >= 11 is 6.34. The van der Waals surface area contributed by atoms with Gasteiger partial charge in [0.15, 0.2) is 0 Å². The number of ether oxygens (including phenoxy) is 1. The van der Waals surface area contributed by atoms with Gasteiger partial charge in [-0.2, -0.15) is 4.99 Å². The first-order valence-corrected chi connectivity index (χ1v) is 7.07. The summed E-state index contributed by atoms with van der Waals surface area (Å²) < 4.78 is 5.49. The van der Waals surface area contributed by atoms with E-state index in [2.05, 4.69) is 4.99 Å². The molecule has 0 N–H and O–H groups in total. The second kappa shape index (κ2) is 4.66. The summed E-state index contributed by atoms with van der Waals surface area (Å²) in [7, 11) is 1.63. The van der Waals surface area contributed by atoms with E-state index in [4.69, 9.17) is 16.3 Å². The molecule has 2 aliphatic rings. The van der Waals surface area contributed by atoms with Gasteiger partial charge < -0.3 is 4.74 Å². The van der Waals surface area contributed by atoms with Crippen LogP contribution in [0.15, 0.2) is 11.1 Å². The molecule has 1 aromatic carbocycles. The van der Waals surface area contributed by atoms with E-state index in [9.17, 15) is 4.79 Å². The van der Waals surface area contributed by atoms with Gasteiger partial charge in [0.1, 0.15) is 11.3 Å². The van der Waals surface area contributed by atoms with Gasteiger partial charge in [-0.15, -0.1) is 0 Å². The van der Waals surface area contributed by atoms with Crippen LogP contribution in [-0.2, 0) is 23.2 Å². The van der Waals surface area contributed by atoms with Crippen LogP contribution >= 0.6 is 11.6 Å². The van der Waals surface area contributed by atoms with E-state index in [1.165, 1.54) is 24.0 Å². The van der Waals surface area contributed by atoms with Gasteiger partial charge in [-0.3, -0.25) is 0 Å². The minimum Gasteiger partial charge on any atom is -0.495 e. The molecule has 0 spiro atoms. The van der Waals surface area contributed by atoms with Crippen molar-refractivity contribution in [3.05, 3.63) is 27.8 Å². The molecule has 0 atom stereocenters. The molecule has 0 aromatic heterocycles. The van der Waals surface area contributed by atoms with Crippen molar-refractivity contribution in [3.8, 4) is 5.75 Å². The summed E-state index contributed by atoms with van der Waals surface area (Å²) in [6.07, 6.45) is 7.92. The van der Waals surface area contributed by atoms with Gasteiger partial charge in [0.25, 0.3) is 0 Å². The van der Waals surface area contributed by atoms with E-state index < -0.39 is 5.54 Å². The predicted octanol–water partition coefficient (Wildman–Crippen LogP) is 3.55. The molecule has 3 nitrogen and oxygen atoms in total. The van der Waals surface area contributed by atoms with Crippen LogP contribution in [0, 0.1) is 0 Å². The first kappa shape index (κ1) is 12.7. The minimum atomic E-state index is -0.417. The molecule has 0 bridgehead atoms.